The van der Waals surface area contributed by atoms with Crippen LogP contribution in [0, 0.1) is 0 Å². The third kappa shape index (κ3) is 8.94. The topological polar surface area (TPSA) is 59.6 Å². The first-order valence-electron chi connectivity index (χ1n) is 5.56. The monoisotopic (exact) mass is 283 g/mol. The van der Waals surface area contributed by atoms with Crippen LogP contribution in [-0.4, -0.2) is 12.1 Å². The van der Waals surface area contributed by atoms with E-state index in [2.05, 4.69) is 26.2 Å². The van der Waals surface area contributed by atoms with E-state index in [-0.39, 0.29) is 11.7 Å². The van der Waals surface area contributed by atoms with Crippen LogP contribution in [0.4, 0.5) is 4.39 Å². The van der Waals surface area contributed by atoms with E-state index in [1.807, 2.05) is 0 Å². The Bertz CT molecular complexity index is 426. The van der Waals surface area contributed by atoms with Crippen LogP contribution in [-0.2, 0) is 4.74 Å². The molecule has 0 saturated carbocycles. The Morgan fingerprint density at radius 1 is 1.58 bits per heavy atom. The largest absolute Gasteiger partial charge is 0.437 e. The molecule has 3 N–H and O–H groups in total. The maximum Gasteiger partial charge on any atom is 0.219 e. The zero-order chi connectivity index (χ0) is 14.5. The summed E-state index contributed by atoms with van der Waals surface area (Å²) in [6.07, 6.45) is 11.5. The number of hydrogen-bond donors (Lipinski definition) is 2. The van der Waals surface area contributed by atoms with E-state index in [9.17, 15) is 4.39 Å². The molecule has 0 aromatic rings. The SMILES string of the molecule is C=C(OC(/C=C/C)=N\C=C\NN)/C(F)=C\C=C/CP. The molecule has 1 unspecified atom stereocenters. The van der Waals surface area contributed by atoms with Gasteiger partial charge in [0.25, 0.3) is 0 Å². The van der Waals surface area contributed by atoms with E-state index in [0.717, 1.165) is 6.16 Å². The van der Waals surface area contributed by atoms with Gasteiger partial charge in [0.05, 0.1) is 0 Å². The summed E-state index contributed by atoms with van der Waals surface area (Å²) in [6, 6.07) is 0. The highest BCUT2D eigenvalue weighted by atomic mass is 31.0. The zero-order valence-corrected chi connectivity index (χ0v) is 12.0. The summed E-state index contributed by atoms with van der Waals surface area (Å²) in [5.74, 6) is 4.58. The lowest BCUT2D eigenvalue weighted by molar-refractivity contribution is 0.399. The molecule has 19 heavy (non-hydrogen) atoms. The number of hydrazine groups is 1. The van der Waals surface area contributed by atoms with Gasteiger partial charge in [0.2, 0.25) is 5.90 Å². The number of nitrogens with zero attached hydrogens (tertiary/aromatic N) is 1. The van der Waals surface area contributed by atoms with Gasteiger partial charge in [-0.25, -0.2) is 9.38 Å². The van der Waals surface area contributed by atoms with Crippen molar-refractivity contribution in [2.45, 2.75) is 6.92 Å². The van der Waals surface area contributed by atoms with Crippen LogP contribution in [0.2, 0.25) is 0 Å². The highest BCUT2D eigenvalue weighted by Crippen LogP contribution is 2.12. The normalized spacial score (nSPS) is 13.7. The van der Waals surface area contributed by atoms with Crippen LogP contribution >= 0.6 is 9.24 Å². The van der Waals surface area contributed by atoms with Crippen molar-refractivity contribution in [3.63, 3.8) is 0 Å². The molecule has 0 saturated heterocycles. The molecule has 0 aliphatic rings. The minimum atomic E-state index is -0.562. The number of hydrogen-bond acceptors (Lipinski definition) is 4. The molecule has 0 spiro atoms. The highest BCUT2D eigenvalue weighted by Gasteiger charge is 2.04. The van der Waals surface area contributed by atoms with Gasteiger partial charge in [0.1, 0.15) is 0 Å². The molecule has 1 atom stereocenters. The summed E-state index contributed by atoms with van der Waals surface area (Å²) in [7, 11) is 2.51. The van der Waals surface area contributed by atoms with Crippen molar-refractivity contribution in [2.24, 2.45) is 10.8 Å². The predicted molar refractivity (Wildman–Crippen MR) is 81.8 cm³/mol. The van der Waals surface area contributed by atoms with Crippen molar-refractivity contribution < 1.29 is 9.13 Å². The summed E-state index contributed by atoms with van der Waals surface area (Å²) in [4.78, 5) is 3.93. The molecule has 0 fully saturated rings. The summed E-state index contributed by atoms with van der Waals surface area (Å²) in [5, 5.41) is 0. The second-order valence-corrected chi connectivity index (χ2v) is 3.62. The van der Waals surface area contributed by atoms with Crippen LogP contribution in [0.1, 0.15) is 6.92 Å². The first-order chi connectivity index (χ1) is 9.15. The maximum atomic E-state index is 13.6. The summed E-state index contributed by atoms with van der Waals surface area (Å²) >= 11 is 0. The van der Waals surface area contributed by atoms with Gasteiger partial charge in [0.15, 0.2) is 11.6 Å². The maximum absolute atomic E-state index is 13.6. The second kappa shape index (κ2) is 11.4. The fourth-order valence-corrected chi connectivity index (χ4v) is 1.06. The molecular weight excluding hydrogens is 264 g/mol. The number of aliphatic imine (C=N–C) groups is 1. The Labute approximate surface area is 115 Å². The molecule has 0 aliphatic heterocycles. The minimum Gasteiger partial charge on any atom is -0.437 e. The molecule has 0 aromatic heterocycles. The third-order valence-electron chi connectivity index (χ3n) is 1.69. The molecule has 4 nitrogen and oxygen atoms in total. The molecule has 6 heteroatoms. The third-order valence-corrected chi connectivity index (χ3v) is 1.96. The smallest absolute Gasteiger partial charge is 0.219 e. The molecule has 0 aliphatic carbocycles. The van der Waals surface area contributed by atoms with Gasteiger partial charge >= 0.3 is 0 Å². The van der Waals surface area contributed by atoms with E-state index in [1.54, 1.807) is 31.2 Å². The van der Waals surface area contributed by atoms with Crippen LogP contribution in [0.25, 0.3) is 0 Å². The Morgan fingerprint density at radius 3 is 2.89 bits per heavy atom. The van der Waals surface area contributed by atoms with Gasteiger partial charge in [-0.15, -0.1) is 9.24 Å². The van der Waals surface area contributed by atoms with Crippen molar-refractivity contribution >= 4 is 15.1 Å². The van der Waals surface area contributed by atoms with Gasteiger partial charge in [-0.3, -0.25) is 5.84 Å². The van der Waals surface area contributed by atoms with Gasteiger partial charge in [-0.2, -0.15) is 0 Å². The number of nitrogens with one attached hydrogen (secondary N) is 1. The summed E-state index contributed by atoms with van der Waals surface area (Å²) in [6.45, 7) is 5.29. The first-order valence-corrected chi connectivity index (χ1v) is 6.38. The number of allylic oxidation sites excluding steroid dienone is 5. The molecular formula is C13H19FN3OP. The van der Waals surface area contributed by atoms with Crippen LogP contribution < -0.4 is 11.3 Å². The van der Waals surface area contributed by atoms with E-state index >= 15 is 0 Å². The van der Waals surface area contributed by atoms with Gasteiger partial charge in [0, 0.05) is 12.4 Å². The lowest BCUT2D eigenvalue weighted by Crippen LogP contribution is -2.12. The molecule has 0 amide bonds. The van der Waals surface area contributed by atoms with Crippen LogP contribution in [0.5, 0.6) is 0 Å². The zero-order valence-electron chi connectivity index (χ0n) is 10.8. The number of rotatable bonds is 7. The van der Waals surface area contributed by atoms with Gasteiger partial charge in [-0.05, 0) is 25.2 Å². The van der Waals surface area contributed by atoms with E-state index < -0.39 is 5.83 Å². The number of halogens is 1. The van der Waals surface area contributed by atoms with Crippen LogP contribution in [0.3, 0.4) is 0 Å². The molecule has 0 aromatic carbocycles. The lowest BCUT2D eigenvalue weighted by atomic mass is 10.4. The Morgan fingerprint density at radius 2 is 2.32 bits per heavy atom. The quantitative estimate of drug-likeness (QED) is 0.144. The number of nitrogens with two attached hydrogens (primary N) is 1. The first kappa shape index (κ1) is 17.3. The highest BCUT2D eigenvalue weighted by molar-refractivity contribution is 7.16. The standard InChI is InChI=1S/C13H19FN3OP/c1-3-6-13(16-8-9-17-15)18-11(2)12(14)7-4-5-10-19/h3-9,17H,2,10,15,19H2,1H3/b5-4-,6-3+,9-8+,12-7+,16-13-. The average Bonchev–Trinajstić information content (AvgIpc) is 2.39. The van der Waals surface area contributed by atoms with Crippen molar-refractivity contribution in [3.05, 3.63) is 60.9 Å². The molecule has 104 valence electrons. The second-order valence-electron chi connectivity index (χ2n) is 3.15. The van der Waals surface area contributed by atoms with E-state index in [0.29, 0.717) is 0 Å². The van der Waals surface area contributed by atoms with Gasteiger partial charge < -0.3 is 10.2 Å². The Kier molecular flexibility index (Phi) is 10.4. The fraction of sp³-hybridized carbons (Fsp3) is 0.154. The Hall–Kier alpha value is -1.71. The van der Waals surface area contributed by atoms with E-state index in [4.69, 9.17) is 10.6 Å². The molecule has 0 rings (SSSR count). The van der Waals surface area contributed by atoms with Crippen molar-refractivity contribution in [1.82, 2.24) is 5.43 Å². The van der Waals surface area contributed by atoms with Gasteiger partial charge in [-0.1, -0.05) is 24.8 Å². The number of ether oxygens (including phenoxy) is 1. The summed E-state index contributed by atoms with van der Waals surface area (Å²) < 4.78 is 18.8. The van der Waals surface area contributed by atoms with Crippen molar-refractivity contribution in [1.29, 1.82) is 0 Å². The predicted octanol–water partition coefficient (Wildman–Crippen LogP) is 2.71. The molecule has 0 radical (unpaired) electrons. The summed E-state index contributed by atoms with van der Waals surface area (Å²) in [5.41, 5.74) is 2.29. The molecule has 0 bridgehead atoms. The molecule has 0 heterocycles. The minimum absolute atomic E-state index is 0.112. The Balaban J connectivity index is 4.72. The van der Waals surface area contributed by atoms with Crippen LogP contribution in [0.15, 0.2) is 65.9 Å². The average molecular weight is 283 g/mol. The lowest BCUT2D eigenvalue weighted by Gasteiger charge is -2.05. The van der Waals surface area contributed by atoms with Crippen molar-refractivity contribution in [3.8, 4) is 0 Å². The fourth-order valence-electron chi connectivity index (χ4n) is 0.899. The van der Waals surface area contributed by atoms with Crippen molar-refractivity contribution in [2.75, 3.05) is 6.16 Å². The van der Waals surface area contributed by atoms with E-state index in [1.165, 1.54) is 18.5 Å².